The number of rotatable bonds is 7. The summed E-state index contributed by atoms with van der Waals surface area (Å²) in [6, 6.07) is 16.1. The average Bonchev–Trinajstić information content (AvgIpc) is 2.79. The first-order valence-corrected chi connectivity index (χ1v) is 10.8. The van der Waals surface area contributed by atoms with E-state index in [9.17, 15) is 5.11 Å². The minimum Gasteiger partial charge on any atom is -0.497 e. The number of halogens is 1. The van der Waals surface area contributed by atoms with Crippen molar-refractivity contribution in [1.82, 2.24) is 10.3 Å². The molecule has 1 saturated heterocycles. The third-order valence-electron chi connectivity index (χ3n) is 5.75. The summed E-state index contributed by atoms with van der Waals surface area (Å²) >= 11 is 6.30. The lowest BCUT2D eigenvalue weighted by molar-refractivity contribution is 0.208. The molecule has 1 aliphatic rings. The SMILES string of the molecule is COc1ccc2cc(CNCc3ccccc3Cl)c(N3CCCC(CO)C3)nc2c1. The molecule has 0 saturated carbocycles. The van der Waals surface area contributed by atoms with E-state index in [1.807, 2.05) is 36.4 Å². The largest absolute Gasteiger partial charge is 0.497 e. The Hall–Kier alpha value is -2.34. The molecule has 0 amide bonds. The molecule has 2 aromatic carbocycles. The van der Waals surface area contributed by atoms with Crippen molar-refractivity contribution in [3.05, 3.63) is 64.7 Å². The summed E-state index contributed by atoms with van der Waals surface area (Å²) in [6.07, 6.45) is 2.13. The van der Waals surface area contributed by atoms with E-state index >= 15 is 0 Å². The van der Waals surface area contributed by atoms with Crippen molar-refractivity contribution in [1.29, 1.82) is 0 Å². The van der Waals surface area contributed by atoms with Crippen molar-refractivity contribution in [3.63, 3.8) is 0 Å². The van der Waals surface area contributed by atoms with Gasteiger partial charge in [0.1, 0.15) is 11.6 Å². The molecule has 0 radical (unpaired) electrons. The molecule has 0 aliphatic carbocycles. The van der Waals surface area contributed by atoms with Gasteiger partial charge >= 0.3 is 0 Å². The van der Waals surface area contributed by atoms with Crippen LogP contribution in [0.3, 0.4) is 0 Å². The van der Waals surface area contributed by atoms with Crippen LogP contribution in [0.5, 0.6) is 5.75 Å². The number of ether oxygens (including phenoxy) is 1. The number of hydrogen-bond donors (Lipinski definition) is 2. The number of anilines is 1. The quantitative estimate of drug-likeness (QED) is 0.587. The van der Waals surface area contributed by atoms with E-state index in [1.165, 1.54) is 0 Å². The number of pyridine rings is 1. The summed E-state index contributed by atoms with van der Waals surface area (Å²) in [6.45, 7) is 3.39. The highest BCUT2D eigenvalue weighted by Crippen LogP contribution is 2.29. The van der Waals surface area contributed by atoms with Crippen molar-refractivity contribution < 1.29 is 9.84 Å². The summed E-state index contributed by atoms with van der Waals surface area (Å²) in [4.78, 5) is 7.33. The normalized spacial score (nSPS) is 16.8. The molecule has 4 rings (SSSR count). The standard InChI is InChI=1S/C24H28ClN3O2/c1-30-21-9-8-18-11-20(14-26-13-19-6-2-3-7-22(19)25)24(27-23(18)12-21)28-10-4-5-17(15-28)16-29/h2-3,6-9,11-12,17,26,29H,4-5,10,13-16H2,1H3. The van der Waals surface area contributed by atoms with Crippen LogP contribution in [0.4, 0.5) is 5.82 Å². The maximum Gasteiger partial charge on any atom is 0.133 e. The Kier molecular flexibility index (Phi) is 6.72. The summed E-state index contributed by atoms with van der Waals surface area (Å²) in [5, 5.41) is 15.1. The number of methoxy groups -OCH3 is 1. The summed E-state index contributed by atoms with van der Waals surface area (Å²) in [7, 11) is 1.67. The van der Waals surface area contributed by atoms with Gasteiger partial charge in [-0.15, -0.1) is 0 Å². The fraction of sp³-hybridized carbons (Fsp3) is 0.375. The first kappa shape index (κ1) is 20.9. The average molecular weight is 426 g/mol. The van der Waals surface area contributed by atoms with Gasteiger partial charge in [-0.05, 0) is 48.6 Å². The number of fused-ring (bicyclic) bond motifs is 1. The van der Waals surface area contributed by atoms with Crippen LogP contribution >= 0.6 is 11.6 Å². The molecule has 2 heterocycles. The number of benzene rings is 2. The summed E-state index contributed by atoms with van der Waals surface area (Å²) in [5.41, 5.74) is 3.15. The molecular weight excluding hydrogens is 398 g/mol. The van der Waals surface area contributed by atoms with Gasteiger partial charge in [-0.2, -0.15) is 0 Å². The Balaban J connectivity index is 1.62. The Morgan fingerprint density at radius 2 is 2.00 bits per heavy atom. The van der Waals surface area contributed by atoms with Crippen LogP contribution in [0, 0.1) is 5.92 Å². The van der Waals surface area contributed by atoms with Crippen LogP contribution in [0.25, 0.3) is 10.9 Å². The Morgan fingerprint density at radius 1 is 1.17 bits per heavy atom. The predicted octanol–water partition coefficient (Wildman–Crippen LogP) is 4.40. The van der Waals surface area contributed by atoms with Crippen molar-refractivity contribution in [2.75, 3.05) is 31.7 Å². The Labute approximate surface area is 182 Å². The molecule has 1 atom stereocenters. The van der Waals surface area contributed by atoms with Gasteiger partial charge < -0.3 is 20.1 Å². The number of aromatic nitrogens is 1. The lowest BCUT2D eigenvalue weighted by Gasteiger charge is -2.34. The minimum absolute atomic E-state index is 0.220. The third kappa shape index (κ3) is 4.69. The van der Waals surface area contributed by atoms with Crippen molar-refractivity contribution >= 4 is 28.3 Å². The number of nitrogens with zero attached hydrogens (tertiary/aromatic N) is 2. The maximum absolute atomic E-state index is 9.67. The molecule has 6 heteroatoms. The zero-order chi connectivity index (χ0) is 20.9. The van der Waals surface area contributed by atoms with E-state index in [0.29, 0.717) is 19.0 Å². The molecule has 30 heavy (non-hydrogen) atoms. The number of nitrogens with one attached hydrogen (secondary N) is 1. The fourth-order valence-corrected chi connectivity index (χ4v) is 4.29. The van der Waals surface area contributed by atoms with E-state index in [0.717, 1.165) is 64.6 Å². The minimum atomic E-state index is 0.220. The third-order valence-corrected chi connectivity index (χ3v) is 6.12. The topological polar surface area (TPSA) is 57.6 Å². The fourth-order valence-electron chi connectivity index (χ4n) is 4.09. The van der Waals surface area contributed by atoms with Crippen LogP contribution < -0.4 is 15.0 Å². The van der Waals surface area contributed by atoms with Crippen LogP contribution in [-0.4, -0.2) is 36.9 Å². The van der Waals surface area contributed by atoms with Crippen LogP contribution in [0.2, 0.25) is 5.02 Å². The highest BCUT2D eigenvalue weighted by Gasteiger charge is 2.23. The van der Waals surface area contributed by atoms with E-state index in [4.69, 9.17) is 21.3 Å². The molecule has 1 aromatic heterocycles. The van der Waals surface area contributed by atoms with Gasteiger partial charge in [0.05, 0.1) is 12.6 Å². The zero-order valence-corrected chi connectivity index (χ0v) is 18.0. The second-order valence-electron chi connectivity index (χ2n) is 7.86. The van der Waals surface area contributed by atoms with Gasteiger partial charge in [-0.25, -0.2) is 4.98 Å². The second-order valence-corrected chi connectivity index (χ2v) is 8.27. The van der Waals surface area contributed by atoms with Crippen LogP contribution in [0.15, 0.2) is 48.5 Å². The van der Waals surface area contributed by atoms with Gasteiger partial charge in [-0.1, -0.05) is 29.8 Å². The van der Waals surface area contributed by atoms with Gasteiger partial charge in [-0.3, -0.25) is 0 Å². The number of piperidine rings is 1. The van der Waals surface area contributed by atoms with E-state index in [2.05, 4.69) is 22.3 Å². The van der Waals surface area contributed by atoms with Gasteiger partial charge in [0.2, 0.25) is 0 Å². The van der Waals surface area contributed by atoms with Crippen LogP contribution in [-0.2, 0) is 13.1 Å². The van der Waals surface area contributed by atoms with Crippen LogP contribution in [0.1, 0.15) is 24.0 Å². The van der Waals surface area contributed by atoms with E-state index < -0.39 is 0 Å². The molecule has 5 nitrogen and oxygen atoms in total. The number of aliphatic hydroxyl groups excluding tert-OH is 1. The molecule has 2 N–H and O–H groups in total. The van der Waals surface area contributed by atoms with Gasteiger partial charge in [0.25, 0.3) is 0 Å². The smallest absolute Gasteiger partial charge is 0.133 e. The summed E-state index contributed by atoms with van der Waals surface area (Å²) < 4.78 is 5.39. The molecule has 0 bridgehead atoms. The van der Waals surface area contributed by atoms with E-state index in [1.54, 1.807) is 7.11 Å². The molecule has 1 fully saturated rings. The Bertz CT molecular complexity index is 1010. The monoisotopic (exact) mass is 425 g/mol. The lowest BCUT2D eigenvalue weighted by atomic mass is 9.98. The van der Waals surface area contributed by atoms with Crippen molar-refractivity contribution in [3.8, 4) is 5.75 Å². The van der Waals surface area contributed by atoms with E-state index in [-0.39, 0.29) is 6.61 Å². The molecule has 1 unspecified atom stereocenters. The lowest BCUT2D eigenvalue weighted by Crippen LogP contribution is -2.38. The highest BCUT2D eigenvalue weighted by atomic mass is 35.5. The molecule has 1 aliphatic heterocycles. The first-order chi connectivity index (χ1) is 14.7. The Morgan fingerprint density at radius 3 is 2.80 bits per heavy atom. The molecule has 3 aromatic rings. The summed E-state index contributed by atoms with van der Waals surface area (Å²) in [5.74, 6) is 2.09. The highest BCUT2D eigenvalue weighted by molar-refractivity contribution is 6.31. The number of aliphatic hydroxyl groups is 1. The molecule has 0 spiro atoms. The van der Waals surface area contributed by atoms with Gasteiger partial charge in [0.15, 0.2) is 0 Å². The molecular formula is C24H28ClN3O2. The molecule has 158 valence electrons. The van der Waals surface area contributed by atoms with Crippen molar-refractivity contribution in [2.24, 2.45) is 5.92 Å². The predicted molar refractivity (Wildman–Crippen MR) is 122 cm³/mol. The zero-order valence-electron chi connectivity index (χ0n) is 17.3. The second kappa shape index (κ2) is 9.65. The number of hydrogen-bond acceptors (Lipinski definition) is 5. The maximum atomic E-state index is 9.67. The first-order valence-electron chi connectivity index (χ1n) is 10.5. The van der Waals surface area contributed by atoms with Gasteiger partial charge in [0, 0.05) is 54.8 Å². The van der Waals surface area contributed by atoms with Crippen molar-refractivity contribution in [2.45, 2.75) is 25.9 Å².